The molecule has 0 aromatic heterocycles. The standard InChI is InChI=1S/C13H12N2O/c1-2-6-11-10(4-1)5-3-7-12(11)16-13-14-8-9-15-13/h1-7H,8-9H2,(H,14,15). The Hall–Kier alpha value is -2.03. The van der Waals surface area contributed by atoms with Gasteiger partial charge < -0.3 is 10.1 Å². The van der Waals surface area contributed by atoms with E-state index in [-0.39, 0.29) is 0 Å². The van der Waals surface area contributed by atoms with Gasteiger partial charge in [0.25, 0.3) is 6.02 Å². The van der Waals surface area contributed by atoms with Gasteiger partial charge in [-0.1, -0.05) is 36.4 Å². The first-order chi connectivity index (χ1) is 7.93. The number of nitrogens with one attached hydrogen (secondary N) is 1. The minimum atomic E-state index is 0.622. The van der Waals surface area contributed by atoms with Crippen LogP contribution >= 0.6 is 0 Å². The van der Waals surface area contributed by atoms with Gasteiger partial charge in [-0.3, -0.25) is 0 Å². The van der Waals surface area contributed by atoms with Crippen LogP contribution in [0.15, 0.2) is 47.5 Å². The molecule has 1 aliphatic heterocycles. The minimum absolute atomic E-state index is 0.622. The lowest BCUT2D eigenvalue weighted by atomic mass is 10.1. The third kappa shape index (κ3) is 1.60. The van der Waals surface area contributed by atoms with Crippen LogP contribution in [-0.2, 0) is 0 Å². The van der Waals surface area contributed by atoms with Crippen molar-refractivity contribution >= 4 is 16.8 Å². The zero-order chi connectivity index (χ0) is 10.8. The fraction of sp³-hybridized carbons (Fsp3) is 0.154. The van der Waals surface area contributed by atoms with Crippen LogP contribution < -0.4 is 10.1 Å². The van der Waals surface area contributed by atoms with Crippen LogP contribution in [-0.4, -0.2) is 19.1 Å². The Balaban J connectivity index is 2.02. The molecule has 0 unspecified atom stereocenters. The number of fused-ring (bicyclic) bond motifs is 1. The number of hydrogen-bond donors (Lipinski definition) is 1. The normalized spacial score (nSPS) is 14.6. The predicted octanol–water partition coefficient (Wildman–Crippen LogP) is 2.18. The van der Waals surface area contributed by atoms with E-state index in [1.165, 1.54) is 5.39 Å². The van der Waals surface area contributed by atoms with Crippen molar-refractivity contribution in [3.63, 3.8) is 0 Å². The Morgan fingerprint density at radius 1 is 1.06 bits per heavy atom. The molecule has 3 rings (SSSR count). The molecule has 80 valence electrons. The second-order valence-electron chi connectivity index (χ2n) is 3.69. The second-order valence-corrected chi connectivity index (χ2v) is 3.69. The average molecular weight is 212 g/mol. The number of benzene rings is 2. The number of hydrogen-bond acceptors (Lipinski definition) is 3. The Bertz CT molecular complexity index is 543. The highest BCUT2D eigenvalue weighted by Gasteiger charge is 2.09. The van der Waals surface area contributed by atoms with Crippen LogP contribution in [0.2, 0.25) is 0 Å². The van der Waals surface area contributed by atoms with Gasteiger partial charge in [0.15, 0.2) is 0 Å². The molecule has 3 heteroatoms. The topological polar surface area (TPSA) is 33.6 Å². The molecular weight excluding hydrogens is 200 g/mol. The minimum Gasteiger partial charge on any atom is -0.425 e. The Morgan fingerprint density at radius 2 is 1.94 bits per heavy atom. The van der Waals surface area contributed by atoms with E-state index in [1.807, 2.05) is 24.3 Å². The third-order valence-corrected chi connectivity index (χ3v) is 2.60. The van der Waals surface area contributed by atoms with Gasteiger partial charge in [0.05, 0.1) is 6.54 Å². The highest BCUT2D eigenvalue weighted by Crippen LogP contribution is 2.25. The second kappa shape index (κ2) is 3.85. The molecule has 1 N–H and O–H groups in total. The molecule has 0 saturated heterocycles. The molecule has 0 amide bonds. The molecule has 1 heterocycles. The average Bonchev–Trinajstić information content (AvgIpc) is 2.82. The van der Waals surface area contributed by atoms with Crippen LogP contribution in [0.3, 0.4) is 0 Å². The van der Waals surface area contributed by atoms with Gasteiger partial charge in [-0.15, -0.1) is 0 Å². The van der Waals surface area contributed by atoms with E-state index >= 15 is 0 Å². The molecule has 0 saturated carbocycles. The van der Waals surface area contributed by atoms with Gasteiger partial charge in [-0.2, -0.15) is 0 Å². The number of nitrogens with zero attached hydrogens (tertiary/aromatic N) is 1. The summed E-state index contributed by atoms with van der Waals surface area (Å²) >= 11 is 0. The summed E-state index contributed by atoms with van der Waals surface area (Å²) in [5.74, 6) is 0.853. The summed E-state index contributed by atoms with van der Waals surface area (Å²) < 4.78 is 5.73. The van der Waals surface area contributed by atoms with Gasteiger partial charge in [-0.25, -0.2) is 4.99 Å². The highest BCUT2D eigenvalue weighted by molar-refractivity contribution is 5.91. The van der Waals surface area contributed by atoms with Crippen LogP contribution in [0.5, 0.6) is 5.75 Å². The molecule has 3 nitrogen and oxygen atoms in total. The highest BCUT2D eigenvalue weighted by atomic mass is 16.5. The number of rotatable bonds is 1. The predicted molar refractivity (Wildman–Crippen MR) is 64.9 cm³/mol. The summed E-state index contributed by atoms with van der Waals surface area (Å²) in [5, 5.41) is 5.39. The van der Waals surface area contributed by atoms with Crippen molar-refractivity contribution in [3.05, 3.63) is 42.5 Å². The van der Waals surface area contributed by atoms with Crippen molar-refractivity contribution in [2.24, 2.45) is 4.99 Å². The van der Waals surface area contributed by atoms with Gasteiger partial charge in [-0.05, 0) is 11.5 Å². The maximum Gasteiger partial charge on any atom is 0.290 e. The Labute approximate surface area is 93.8 Å². The van der Waals surface area contributed by atoms with Gasteiger partial charge in [0.2, 0.25) is 0 Å². The maximum atomic E-state index is 5.73. The summed E-state index contributed by atoms with van der Waals surface area (Å²) in [4.78, 5) is 4.22. The molecule has 0 radical (unpaired) electrons. The first-order valence-corrected chi connectivity index (χ1v) is 5.37. The quantitative estimate of drug-likeness (QED) is 0.786. The number of aliphatic imine (C=N–C) groups is 1. The van der Waals surface area contributed by atoms with Crippen molar-refractivity contribution < 1.29 is 4.74 Å². The van der Waals surface area contributed by atoms with Gasteiger partial charge >= 0.3 is 0 Å². The van der Waals surface area contributed by atoms with E-state index in [0.717, 1.165) is 24.2 Å². The van der Waals surface area contributed by atoms with Crippen LogP contribution in [0.25, 0.3) is 10.8 Å². The van der Waals surface area contributed by atoms with Crippen molar-refractivity contribution in [1.29, 1.82) is 0 Å². The lowest BCUT2D eigenvalue weighted by Gasteiger charge is -2.08. The summed E-state index contributed by atoms with van der Waals surface area (Å²) in [6.45, 7) is 1.65. The first kappa shape index (κ1) is 9.21. The number of ether oxygens (including phenoxy) is 1. The van der Waals surface area contributed by atoms with Crippen molar-refractivity contribution in [2.45, 2.75) is 0 Å². The van der Waals surface area contributed by atoms with E-state index in [4.69, 9.17) is 4.74 Å². The Morgan fingerprint density at radius 3 is 2.81 bits per heavy atom. The molecule has 2 aromatic rings. The fourth-order valence-electron chi connectivity index (χ4n) is 1.83. The number of amidine groups is 1. The molecule has 0 fully saturated rings. The van der Waals surface area contributed by atoms with Crippen molar-refractivity contribution in [3.8, 4) is 5.75 Å². The smallest absolute Gasteiger partial charge is 0.290 e. The lowest BCUT2D eigenvalue weighted by Crippen LogP contribution is -2.24. The largest absolute Gasteiger partial charge is 0.425 e. The van der Waals surface area contributed by atoms with Crippen LogP contribution in [0.4, 0.5) is 0 Å². The third-order valence-electron chi connectivity index (χ3n) is 2.60. The zero-order valence-electron chi connectivity index (χ0n) is 8.81. The van der Waals surface area contributed by atoms with Crippen LogP contribution in [0.1, 0.15) is 0 Å². The summed E-state index contributed by atoms with van der Waals surface area (Å²) in [7, 11) is 0. The van der Waals surface area contributed by atoms with E-state index in [2.05, 4.69) is 28.5 Å². The van der Waals surface area contributed by atoms with Crippen molar-refractivity contribution in [2.75, 3.05) is 13.1 Å². The molecule has 1 aliphatic rings. The van der Waals surface area contributed by atoms with E-state index in [1.54, 1.807) is 0 Å². The first-order valence-electron chi connectivity index (χ1n) is 5.37. The molecule has 16 heavy (non-hydrogen) atoms. The SMILES string of the molecule is c1ccc2c(OC3=NCCN3)cccc2c1. The maximum absolute atomic E-state index is 5.73. The fourth-order valence-corrected chi connectivity index (χ4v) is 1.83. The molecule has 0 aliphatic carbocycles. The molecule has 0 atom stereocenters. The summed E-state index contributed by atoms with van der Waals surface area (Å²) in [6, 6.07) is 14.8. The van der Waals surface area contributed by atoms with E-state index in [0.29, 0.717) is 6.02 Å². The lowest BCUT2D eigenvalue weighted by molar-refractivity contribution is 0.535. The Kier molecular flexibility index (Phi) is 2.22. The van der Waals surface area contributed by atoms with E-state index < -0.39 is 0 Å². The van der Waals surface area contributed by atoms with Gasteiger partial charge in [0, 0.05) is 11.9 Å². The van der Waals surface area contributed by atoms with Crippen molar-refractivity contribution in [1.82, 2.24) is 5.32 Å². The molecular formula is C13H12N2O. The summed E-state index contributed by atoms with van der Waals surface area (Å²) in [5.41, 5.74) is 0. The molecule has 0 spiro atoms. The van der Waals surface area contributed by atoms with E-state index in [9.17, 15) is 0 Å². The molecule has 2 aromatic carbocycles. The van der Waals surface area contributed by atoms with Crippen LogP contribution in [0, 0.1) is 0 Å². The monoisotopic (exact) mass is 212 g/mol. The zero-order valence-corrected chi connectivity index (χ0v) is 8.81. The molecule has 0 bridgehead atoms. The summed E-state index contributed by atoms with van der Waals surface area (Å²) in [6.07, 6.45) is 0. The van der Waals surface area contributed by atoms with Gasteiger partial charge in [0.1, 0.15) is 5.75 Å².